The molecular formula is C15H12BrF3O. The van der Waals surface area contributed by atoms with Gasteiger partial charge >= 0.3 is 6.18 Å². The molecule has 1 N–H and O–H groups in total. The first-order chi connectivity index (χ1) is 9.36. The molecule has 1 unspecified atom stereocenters. The molecule has 0 saturated carbocycles. The molecule has 1 atom stereocenters. The summed E-state index contributed by atoms with van der Waals surface area (Å²) < 4.78 is 38.2. The topological polar surface area (TPSA) is 20.2 Å². The fraction of sp³-hybridized carbons (Fsp3) is 0.200. The van der Waals surface area contributed by atoms with Gasteiger partial charge in [-0.15, -0.1) is 0 Å². The van der Waals surface area contributed by atoms with Crippen molar-refractivity contribution in [2.24, 2.45) is 0 Å². The molecule has 0 bridgehead atoms. The van der Waals surface area contributed by atoms with Crippen molar-refractivity contribution in [2.45, 2.75) is 18.7 Å². The Morgan fingerprint density at radius 3 is 2.25 bits per heavy atom. The first-order valence-corrected chi connectivity index (χ1v) is 6.75. The maximum atomic E-state index is 12.4. The van der Waals surface area contributed by atoms with E-state index in [-0.39, 0.29) is 0 Å². The molecule has 0 aliphatic carbocycles. The molecule has 1 nitrogen and oxygen atoms in total. The van der Waals surface area contributed by atoms with Crippen LogP contribution in [0.4, 0.5) is 13.2 Å². The Labute approximate surface area is 123 Å². The Hall–Kier alpha value is -1.33. The summed E-state index contributed by atoms with van der Waals surface area (Å²) >= 11 is 3.33. The second kappa shape index (κ2) is 5.97. The van der Waals surface area contributed by atoms with E-state index in [0.717, 1.165) is 22.2 Å². The van der Waals surface area contributed by atoms with Gasteiger partial charge in [0.25, 0.3) is 0 Å². The molecule has 0 aromatic heterocycles. The lowest BCUT2D eigenvalue weighted by Crippen LogP contribution is -2.06. The maximum absolute atomic E-state index is 12.4. The smallest absolute Gasteiger partial charge is 0.388 e. The second-order valence-corrected chi connectivity index (χ2v) is 5.39. The number of hydrogen-bond donors (Lipinski definition) is 1. The van der Waals surface area contributed by atoms with E-state index in [4.69, 9.17) is 0 Å². The van der Waals surface area contributed by atoms with E-state index in [9.17, 15) is 18.3 Å². The third-order valence-corrected chi connectivity index (χ3v) is 3.43. The fourth-order valence-electron chi connectivity index (χ4n) is 1.90. The highest BCUT2D eigenvalue weighted by Gasteiger charge is 2.30. The van der Waals surface area contributed by atoms with Crippen molar-refractivity contribution in [2.75, 3.05) is 0 Å². The van der Waals surface area contributed by atoms with Crippen molar-refractivity contribution in [3.05, 3.63) is 69.7 Å². The standard InChI is InChI=1S/C15H12BrF3O/c16-13-3-1-2-10(8-13)9-14(20)11-4-6-12(7-5-11)15(17,18)19/h1-8,14,20H,9H2. The van der Waals surface area contributed by atoms with Crippen LogP contribution in [-0.4, -0.2) is 5.11 Å². The molecule has 0 aliphatic rings. The maximum Gasteiger partial charge on any atom is 0.416 e. The van der Waals surface area contributed by atoms with Crippen LogP contribution in [0.5, 0.6) is 0 Å². The zero-order chi connectivity index (χ0) is 14.8. The van der Waals surface area contributed by atoms with Gasteiger partial charge < -0.3 is 5.11 Å². The van der Waals surface area contributed by atoms with Gasteiger partial charge in [0.1, 0.15) is 0 Å². The lowest BCUT2D eigenvalue weighted by atomic mass is 10.0. The largest absolute Gasteiger partial charge is 0.416 e. The summed E-state index contributed by atoms with van der Waals surface area (Å²) in [6, 6.07) is 12.0. The van der Waals surface area contributed by atoms with Crippen LogP contribution in [0.3, 0.4) is 0 Å². The summed E-state index contributed by atoms with van der Waals surface area (Å²) in [4.78, 5) is 0. The van der Waals surface area contributed by atoms with Crippen LogP contribution >= 0.6 is 15.9 Å². The molecule has 20 heavy (non-hydrogen) atoms. The summed E-state index contributed by atoms with van der Waals surface area (Å²) in [7, 11) is 0. The summed E-state index contributed by atoms with van der Waals surface area (Å²) in [5.41, 5.74) is 0.667. The Morgan fingerprint density at radius 2 is 1.70 bits per heavy atom. The van der Waals surface area contributed by atoms with Crippen LogP contribution in [0.25, 0.3) is 0 Å². The van der Waals surface area contributed by atoms with Gasteiger partial charge in [-0.2, -0.15) is 13.2 Å². The van der Waals surface area contributed by atoms with Crippen molar-refractivity contribution in [3.8, 4) is 0 Å². The molecule has 5 heteroatoms. The van der Waals surface area contributed by atoms with Gasteiger partial charge in [0.15, 0.2) is 0 Å². The summed E-state index contributed by atoms with van der Waals surface area (Å²) in [6.07, 6.45) is -4.83. The zero-order valence-electron chi connectivity index (χ0n) is 10.4. The Balaban J connectivity index is 2.11. The van der Waals surface area contributed by atoms with Crippen molar-refractivity contribution >= 4 is 15.9 Å². The first kappa shape index (κ1) is 15.1. The van der Waals surface area contributed by atoms with E-state index in [2.05, 4.69) is 15.9 Å². The van der Waals surface area contributed by atoms with Crippen LogP contribution in [0.2, 0.25) is 0 Å². The molecule has 2 aromatic rings. The average Bonchev–Trinajstić information content (AvgIpc) is 2.38. The second-order valence-electron chi connectivity index (χ2n) is 4.47. The molecule has 0 fully saturated rings. The van der Waals surface area contributed by atoms with E-state index in [1.807, 2.05) is 24.3 Å². The predicted octanol–water partition coefficient (Wildman–Crippen LogP) is 4.74. The minimum Gasteiger partial charge on any atom is -0.388 e. The molecule has 0 spiro atoms. The fourth-order valence-corrected chi connectivity index (χ4v) is 2.35. The number of halogens is 4. The predicted molar refractivity (Wildman–Crippen MR) is 74.2 cm³/mol. The van der Waals surface area contributed by atoms with Crippen molar-refractivity contribution in [1.82, 2.24) is 0 Å². The van der Waals surface area contributed by atoms with Crippen LogP contribution < -0.4 is 0 Å². The molecule has 2 rings (SSSR count). The summed E-state index contributed by atoms with van der Waals surface area (Å²) in [6.45, 7) is 0. The molecule has 0 radical (unpaired) electrons. The van der Waals surface area contributed by atoms with Crippen LogP contribution in [-0.2, 0) is 12.6 Å². The number of benzene rings is 2. The van der Waals surface area contributed by atoms with Crippen LogP contribution in [0.1, 0.15) is 22.8 Å². The first-order valence-electron chi connectivity index (χ1n) is 5.96. The molecule has 0 aliphatic heterocycles. The van der Waals surface area contributed by atoms with Crippen molar-refractivity contribution < 1.29 is 18.3 Å². The normalized spacial score (nSPS) is 13.2. The number of aliphatic hydroxyl groups excluding tert-OH is 1. The van der Waals surface area contributed by atoms with Gasteiger partial charge in [0, 0.05) is 10.9 Å². The Kier molecular flexibility index (Phi) is 4.50. The highest BCUT2D eigenvalue weighted by molar-refractivity contribution is 9.10. The van der Waals surface area contributed by atoms with E-state index in [0.29, 0.717) is 12.0 Å². The third-order valence-electron chi connectivity index (χ3n) is 2.94. The van der Waals surface area contributed by atoms with Crippen LogP contribution in [0, 0.1) is 0 Å². The SMILES string of the molecule is OC(Cc1cccc(Br)c1)c1ccc(C(F)(F)F)cc1. The number of alkyl halides is 3. The highest BCUT2D eigenvalue weighted by atomic mass is 79.9. The summed E-state index contributed by atoms with van der Waals surface area (Å²) in [5.74, 6) is 0. The van der Waals surface area contributed by atoms with Gasteiger partial charge in [-0.05, 0) is 35.4 Å². The molecule has 106 valence electrons. The lowest BCUT2D eigenvalue weighted by molar-refractivity contribution is -0.137. The van der Waals surface area contributed by atoms with Crippen molar-refractivity contribution in [3.63, 3.8) is 0 Å². The van der Waals surface area contributed by atoms with Gasteiger partial charge in [-0.25, -0.2) is 0 Å². The summed E-state index contributed by atoms with van der Waals surface area (Å²) in [5, 5.41) is 10.1. The Bertz CT molecular complexity index is 578. The number of hydrogen-bond acceptors (Lipinski definition) is 1. The molecule has 2 aromatic carbocycles. The van der Waals surface area contributed by atoms with Gasteiger partial charge in [0.05, 0.1) is 11.7 Å². The van der Waals surface area contributed by atoms with Gasteiger partial charge in [0.2, 0.25) is 0 Å². The minimum absolute atomic E-state index is 0.352. The minimum atomic E-state index is -4.35. The Morgan fingerprint density at radius 1 is 1.05 bits per heavy atom. The van der Waals surface area contributed by atoms with Gasteiger partial charge in [-0.3, -0.25) is 0 Å². The quantitative estimate of drug-likeness (QED) is 0.852. The molecule has 0 amide bonds. The number of rotatable bonds is 3. The van der Waals surface area contributed by atoms with Gasteiger partial charge in [-0.1, -0.05) is 40.2 Å². The van der Waals surface area contributed by atoms with E-state index in [1.165, 1.54) is 12.1 Å². The van der Waals surface area contributed by atoms with E-state index in [1.54, 1.807) is 0 Å². The molecule has 0 saturated heterocycles. The zero-order valence-corrected chi connectivity index (χ0v) is 11.9. The van der Waals surface area contributed by atoms with Crippen LogP contribution in [0.15, 0.2) is 53.0 Å². The number of aliphatic hydroxyl groups is 1. The highest BCUT2D eigenvalue weighted by Crippen LogP contribution is 2.30. The van der Waals surface area contributed by atoms with Crippen molar-refractivity contribution in [1.29, 1.82) is 0 Å². The van der Waals surface area contributed by atoms with E-state index >= 15 is 0 Å². The monoisotopic (exact) mass is 344 g/mol. The molecule has 0 heterocycles. The van der Waals surface area contributed by atoms with E-state index < -0.39 is 17.8 Å². The molecular weight excluding hydrogens is 333 g/mol. The average molecular weight is 345 g/mol. The third kappa shape index (κ3) is 3.84. The lowest BCUT2D eigenvalue weighted by Gasteiger charge is -2.13.